The van der Waals surface area contributed by atoms with E-state index in [4.69, 9.17) is 23.2 Å². The molecule has 0 bridgehead atoms. The maximum Gasteiger partial charge on any atom is 0.132 e. The second-order valence-electron chi connectivity index (χ2n) is 2.31. The van der Waals surface area contributed by atoms with Crippen molar-refractivity contribution in [1.82, 2.24) is 0 Å². The predicted molar refractivity (Wildman–Crippen MR) is 53.3 cm³/mol. The van der Waals surface area contributed by atoms with Crippen LogP contribution in [-0.2, 0) is 0 Å². The summed E-state index contributed by atoms with van der Waals surface area (Å²) in [7, 11) is 0. The second-order valence-corrected chi connectivity index (χ2v) is 4.26. The molecule has 0 amide bonds. The molecule has 0 saturated heterocycles. The number of aryl methyl sites for hydroxylation is 1. The van der Waals surface area contributed by atoms with Crippen LogP contribution in [0.4, 0.5) is 0 Å². The molecule has 0 aliphatic rings. The van der Waals surface area contributed by atoms with E-state index in [0.29, 0.717) is 0 Å². The summed E-state index contributed by atoms with van der Waals surface area (Å²) in [5, 5.41) is 0. The van der Waals surface area contributed by atoms with Crippen molar-refractivity contribution in [2.24, 2.45) is 0 Å². The van der Waals surface area contributed by atoms with Crippen LogP contribution in [0.5, 0.6) is 0 Å². The molecule has 1 aromatic carbocycles. The number of hydrogen-bond donors (Lipinski definition) is 0. The van der Waals surface area contributed by atoms with E-state index < -0.39 is 4.84 Å². The molecule has 3 heteroatoms. The minimum Gasteiger partial charge on any atom is -0.100 e. The smallest absolute Gasteiger partial charge is 0.100 e. The van der Waals surface area contributed by atoms with E-state index in [0.717, 1.165) is 10.0 Å². The van der Waals surface area contributed by atoms with Gasteiger partial charge >= 0.3 is 0 Å². The van der Waals surface area contributed by atoms with Gasteiger partial charge in [-0.15, -0.1) is 23.2 Å². The van der Waals surface area contributed by atoms with E-state index in [1.807, 2.05) is 25.1 Å². The average Bonchev–Trinajstić information content (AvgIpc) is 1.94. The predicted octanol–water partition coefficient (Wildman–Crippen LogP) is 4.23. The molecule has 60 valence electrons. The summed E-state index contributed by atoms with van der Waals surface area (Å²) in [6.45, 7) is 2.02. The molecule has 0 spiro atoms. The highest BCUT2D eigenvalue weighted by Crippen LogP contribution is 2.28. The number of alkyl halides is 2. The van der Waals surface area contributed by atoms with Gasteiger partial charge in [0.2, 0.25) is 0 Å². The van der Waals surface area contributed by atoms with E-state index in [9.17, 15) is 0 Å². The summed E-state index contributed by atoms with van der Waals surface area (Å²) in [6, 6.07) is 5.84. The first-order valence-corrected chi connectivity index (χ1v) is 4.82. The summed E-state index contributed by atoms with van der Waals surface area (Å²) in [6.07, 6.45) is 0. The second kappa shape index (κ2) is 3.79. The van der Waals surface area contributed by atoms with Gasteiger partial charge < -0.3 is 0 Å². The first-order valence-electron chi connectivity index (χ1n) is 3.15. The minimum absolute atomic E-state index is 0.438. The lowest BCUT2D eigenvalue weighted by atomic mass is 10.2. The molecule has 1 aromatic rings. The standard InChI is InChI=1S/C8H7BrCl2/c1-5-2-3-6(8(10)11)4-7(5)9/h2-4,8H,1H3. The van der Waals surface area contributed by atoms with Gasteiger partial charge in [-0.1, -0.05) is 28.1 Å². The fourth-order valence-electron chi connectivity index (χ4n) is 0.745. The molecular formula is C8H7BrCl2. The third-order valence-electron chi connectivity index (χ3n) is 1.45. The molecule has 11 heavy (non-hydrogen) atoms. The summed E-state index contributed by atoms with van der Waals surface area (Å²) in [5.41, 5.74) is 2.11. The highest BCUT2D eigenvalue weighted by atomic mass is 79.9. The molecule has 0 atom stereocenters. The summed E-state index contributed by atoms with van der Waals surface area (Å²) in [4.78, 5) is -0.438. The minimum atomic E-state index is -0.438. The van der Waals surface area contributed by atoms with Crippen LogP contribution in [0.15, 0.2) is 22.7 Å². The van der Waals surface area contributed by atoms with Crippen LogP contribution < -0.4 is 0 Å². The summed E-state index contributed by atoms with van der Waals surface area (Å²) >= 11 is 14.7. The molecule has 0 heterocycles. The van der Waals surface area contributed by atoms with Crippen molar-refractivity contribution in [2.45, 2.75) is 11.8 Å². The van der Waals surface area contributed by atoms with E-state index in [2.05, 4.69) is 15.9 Å². The Morgan fingerprint density at radius 1 is 1.36 bits per heavy atom. The zero-order chi connectivity index (χ0) is 8.43. The van der Waals surface area contributed by atoms with Gasteiger partial charge in [0.15, 0.2) is 0 Å². The van der Waals surface area contributed by atoms with Crippen molar-refractivity contribution >= 4 is 39.1 Å². The van der Waals surface area contributed by atoms with Crippen molar-refractivity contribution in [2.75, 3.05) is 0 Å². The first kappa shape index (κ1) is 9.37. The normalized spacial score (nSPS) is 10.6. The average molecular weight is 254 g/mol. The summed E-state index contributed by atoms with van der Waals surface area (Å²) in [5.74, 6) is 0. The molecule has 0 aromatic heterocycles. The molecule has 0 unspecified atom stereocenters. The molecular weight excluding hydrogens is 247 g/mol. The Hall–Kier alpha value is 0.280. The number of halogens is 3. The molecule has 0 aliphatic carbocycles. The molecule has 0 aliphatic heterocycles. The SMILES string of the molecule is Cc1ccc(C(Cl)Cl)cc1Br. The van der Waals surface area contributed by atoms with E-state index in [1.165, 1.54) is 5.56 Å². The zero-order valence-electron chi connectivity index (χ0n) is 5.94. The van der Waals surface area contributed by atoms with Gasteiger partial charge in [0.05, 0.1) is 0 Å². The molecule has 0 nitrogen and oxygen atoms in total. The fraction of sp³-hybridized carbons (Fsp3) is 0.250. The van der Waals surface area contributed by atoms with Crippen molar-refractivity contribution in [1.29, 1.82) is 0 Å². The van der Waals surface area contributed by atoms with Gasteiger partial charge in [-0.25, -0.2) is 0 Å². The van der Waals surface area contributed by atoms with Crippen LogP contribution in [0, 0.1) is 6.92 Å². The van der Waals surface area contributed by atoms with Crippen LogP contribution in [0.3, 0.4) is 0 Å². The molecule has 0 N–H and O–H groups in total. The molecule has 0 saturated carbocycles. The van der Waals surface area contributed by atoms with Gasteiger partial charge in [-0.3, -0.25) is 0 Å². The number of rotatable bonds is 1. The van der Waals surface area contributed by atoms with E-state index in [-0.39, 0.29) is 0 Å². The Balaban J connectivity index is 3.05. The van der Waals surface area contributed by atoms with Crippen LogP contribution in [0.1, 0.15) is 16.0 Å². The molecule has 0 radical (unpaired) electrons. The molecule has 1 rings (SSSR count). The number of hydrogen-bond acceptors (Lipinski definition) is 0. The van der Waals surface area contributed by atoms with Crippen molar-refractivity contribution < 1.29 is 0 Å². The van der Waals surface area contributed by atoms with Gasteiger partial charge in [0, 0.05) is 4.47 Å². The first-order chi connectivity index (χ1) is 5.11. The largest absolute Gasteiger partial charge is 0.132 e. The lowest BCUT2D eigenvalue weighted by Crippen LogP contribution is -1.83. The quantitative estimate of drug-likeness (QED) is 0.657. The maximum atomic E-state index is 5.67. The molecule has 0 fully saturated rings. The van der Waals surface area contributed by atoms with Crippen LogP contribution in [0.2, 0.25) is 0 Å². The van der Waals surface area contributed by atoms with E-state index >= 15 is 0 Å². The monoisotopic (exact) mass is 252 g/mol. The van der Waals surface area contributed by atoms with Gasteiger partial charge in [0.25, 0.3) is 0 Å². The van der Waals surface area contributed by atoms with Crippen molar-refractivity contribution in [3.05, 3.63) is 33.8 Å². The Morgan fingerprint density at radius 2 is 2.00 bits per heavy atom. The van der Waals surface area contributed by atoms with Crippen LogP contribution in [0.25, 0.3) is 0 Å². The highest BCUT2D eigenvalue weighted by molar-refractivity contribution is 9.10. The Labute approximate surface area is 84.6 Å². The Kier molecular flexibility index (Phi) is 3.23. The topological polar surface area (TPSA) is 0 Å². The third kappa shape index (κ3) is 2.36. The zero-order valence-corrected chi connectivity index (χ0v) is 9.04. The van der Waals surface area contributed by atoms with Gasteiger partial charge in [0.1, 0.15) is 4.84 Å². The Bertz CT molecular complexity index is 258. The van der Waals surface area contributed by atoms with E-state index in [1.54, 1.807) is 0 Å². The highest BCUT2D eigenvalue weighted by Gasteiger charge is 2.03. The summed E-state index contributed by atoms with van der Waals surface area (Å²) < 4.78 is 1.04. The fourth-order valence-corrected chi connectivity index (χ4v) is 1.41. The Morgan fingerprint density at radius 3 is 2.45 bits per heavy atom. The van der Waals surface area contributed by atoms with Gasteiger partial charge in [-0.05, 0) is 24.1 Å². The van der Waals surface area contributed by atoms with Crippen molar-refractivity contribution in [3.8, 4) is 0 Å². The van der Waals surface area contributed by atoms with Gasteiger partial charge in [-0.2, -0.15) is 0 Å². The third-order valence-corrected chi connectivity index (χ3v) is 2.81. The van der Waals surface area contributed by atoms with Crippen LogP contribution >= 0.6 is 39.1 Å². The van der Waals surface area contributed by atoms with Crippen LogP contribution in [-0.4, -0.2) is 0 Å². The lowest BCUT2D eigenvalue weighted by Gasteiger charge is -2.03. The van der Waals surface area contributed by atoms with Crippen molar-refractivity contribution in [3.63, 3.8) is 0 Å². The number of benzene rings is 1. The maximum absolute atomic E-state index is 5.67. The lowest BCUT2D eigenvalue weighted by molar-refractivity contribution is 1.30.